The summed E-state index contributed by atoms with van der Waals surface area (Å²) in [6, 6.07) is -0.889. The summed E-state index contributed by atoms with van der Waals surface area (Å²) in [5.41, 5.74) is 4.23. The lowest BCUT2D eigenvalue weighted by molar-refractivity contribution is -0.157. The Balaban J connectivity index is 1.45. The summed E-state index contributed by atoms with van der Waals surface area (Å²) in [6.07, 6.45) is 5.16. The van der Waals surface area contributed by atoms with Crippen molar-refractivity contribution in [2.75, 3.05) is 30.4 Å². The molecular formula is C19H18ClN7O5S4. The van der Waals surface area contributed by atoms with Gasteiger partial charge in [0.1, 0.15) is 31.9 Å². The highest BCUT2D eigenvalue weighted by Crippen LogP contribution is 2.44. The van der Waals surface area contributed by atoms with E-state index in [1.54, 1.807) is 0 Å². The summed E-state index contributed by atoms with van der Waals surface area (Å²) < 4.78 is 0.786. The van der Waals surface area contributed by atoms with Gasteiger partial charge in [0, 0.05) is 18.1 Å². The Morgan fingerprint density at radius 1 is 1.47 bits per heavy atom. The van der Waals surface area contributed by atoms with E-state index in [1.165, 1.54) is 39.8 Å². The number of halogens is 1. The number of nitrogens with zero attached hydrogens (tertiary/aromatic N) is 5. The van der Waals surface area contributed by atoms with Crippen LogP contribution in [0.2, 0.25) is 4.34 Å². The molecule has 0 radical (unpaired) electrons. The van der Waals surface area contributed by atoms with Crippen LogP contribution in [0.25, 0.3) is 0 Å². The fourth-order valence-electron chi connectivity index (χ4n) is 3.44. The molecule has 2 saturated heterocycles. The number of hydrogen-bond donors (Lipinski definition) is 3. The fraction of sp³-hybridized carbons (Fsp3) is 0.421. The minimum atomic E-state index is -1.17. The number of nitrogens with one attached hydrogen (secondary N) is 1. The Kier molecular flexibility index (Phi) is 7.95. The predicted molar refractivity (Wildman–Crippen MR) is 138 cm³/mol. The Morgan fingerprint density at radius 3 is 2.86 bits per heavy atom. The van der Waals surface area contributed by atoms with Gasteiger partial charge in [-0.2, -0.15) is 0 Å². The SMILES string of the molecule is C#CCON=C(C(=O)NC1C(=O)N2CC(CSc3nnc(C)s3)(C(=O)O)CS[C@H]12)c1nc(N)sc1Cl. The Hall–Kier alpha value is -2.58. The van der Waals surface area contributed by atoms with Crippen molar-refractivity contribution in [2.45, 2.75) is 22.7 Å². The molecule has 4 rings (SSSR count). The number of carbonyl (C=O) groups is 3. The van der Waals surface area contributed by atoms with Crippen molar-refractivity contribution in [1.29, 1.82) is 0 Å². The molecule has 4 heterocycles. The van der Waals surface area contributed by atoms with E-state index in [4.69, 9.17) is 28.6 Å². The number of carboxylic acids is 1. The molecule has 4 N–H and O–H groups in total. The van der Waals surface area contributed by atoms with Crippen LogP contribution in [0.5, 0.6) is 0 Å². The lowest BCUT2D eigenvalue weighted by Gasteiger charge is -2.53. The number of hydrogen-bond acceptors (Lipinski definition) is 13. The smallest absolute Gasteiger partial charge is 0.313 e. The first kappa shape index (κ1) is 26.5. The standard InChI is InChI=1S/C19H18ClN7O5S4/c1-3-4-32-26-10(9-12(20)36-17(21)23-9)13(28)22-11-14(29)27-5-19(16(30)31,6-33-15(11)27)7-34-18-25-24-8(2)35-18/h1,11,15H,4-7H2,2H3,(H2,21,23)(H,22,28)(H,30,31)/t11?,15-,19?/m1/s1. The van der Waals surface area contributed by atoms with Crippen molar-refractivity contribution in [3.05, 3.63) is 15.0 Å². The lowest BCUT2D eigenvalue weighted by Crippen LogP contribution is -2.74. The molecule has 0 bridgehead atoms. The summed E-state index contributed by atoms with van der Waals surface area (Å²) in [7, 11) is 0. The summed E-state index contributed by atoms with van der Waals surface area (Å²) >= 11 is 11.0. The summed E-state index contributed by atoms with van der Waals surface area (Å²) in [6.45, 7) is 1.63. The second kappa shape index (κ2) is 10.8. The Labute approximate surface area is 226 Å². The number of aryl methyl sites for hydroxylation is 1. The number of carbonyl (C=O) groups excluding carboxylic acids is 2. The average Bonchev–Trinajstić information content (AvgIpc) is 3.42. The maximum atomic E-state index is 13.0. The Morgan fingerprint density at radius 2 is 2.25 bits per heavy atom. The van der Waals surface area contributed by atoms with Crippen LogP contribution >= 0.6 is 57.8 Å². The number of thiazole rings is 1. The summed E-state index contributed by atoms with van der Waals surface area (Å²) in [4.78, 5) is 48.6. The average molecular weight is 588 g/mol. The third kappa shape index (κ3) is 5.25. The van der Waals surface area contributed by atoms with E-state index in [9.17, 15) is 19.5 Å². The van der Waals surface area contributed by atoms with Crippen LogP contribution in [0, 0.1) is 24.7 Å². The molecule has 36 heavy (non-hydrogen) atoms. The maximum Gasteiger partial charge on any atom is 0.313 e. The molecule has 0 aromatic carbocycles. The molecule has 190 valence electrons. The van der Waals surface area contributed by atoms with Gasteiger partial charge in [0.15, 0.2) is 21.8 Å². The van der Waals surface area contributed by atoms with Gasteiger partial charge in [-0.05, 0) is 6.92 Å². The zero-order chi connectivity index (χ0) is 26.0. The van der Waals surface area contributed by atoms with Crippen LogP contribution in [0.1, 0.15) is 10.7 Å². The van der Waals surface area contributed by atoms with Gasteiger partial charge in [0.05, 0.1) is 0 Å². The molecule has 17 heteroatoms. The zero-order valence-electron chi connectivity index (χ0n) is 18.5. The maximum absolute atomic E-state index is 13.0. The molecule has 2 aromatic rings. The van der Waals surface area contributed by atoms with Gasteiger partial charge in [-0.1, -0.05) is 57.1 Å². The van der Waals surface area contributed by atoms with Gasteiger partial charge < -0.3 is 25.9 Å². The van der Waals surface area contributed by atoms with Crippen molar-refractivity contribution in [3.63, 3.8) is 0 Å². The quantitative estimate of drug-likeness (QED) is 0.0959. The largest absolute Gasteiger partial charge is 0.481 e. The van der Waals surface area contributed by atoms with E-state index in [0.29, 0.717) is 4.34 Å². The van der Waals surface area contributed by atoms with Crippen molar-refractivity contribution in [2.24, 2.45) is 10.6 Å². The Bertz CT molecular complexity index is 1280. The second-order valence-corrected chi connectivity index (χ2v) is 12.8. The first-order valence-corrected chi connectivity index (χ1v) is 14.1. The number of nitrogens with two attached hydrogens (primary N) is 1. The number of fused-ring (bicyclic) bond motifs is 1. The van der Waals surface area contributed by atoms with Crippen molar-refractivity contribution in [3.8, 4) is 12.3 Å². The van der Waals surface area contributed by atoms with Crippen LogP contribution in [0.4, 0.5) is 5.13 Å². The highest BCUT2D eigenvalue weighted by molar-refractivity contribution is 8.01. The molecular weight excluding hydrogens is 570 g/mol. The molecule has 2 aromatic heterocycles. The minimum absolute atomic E-state index is 0.00226. The molecule has 2 unspecified atom stereocenters. The fourth-order valence-corrected chi connectivity index (χ4v) is 8.05. The second-order valence-electron chi connectivity index (χ2n) is 7.67. The first-order chi connectivity index (χ1) is 17.1. The monoisotopic (exact) mass is 587 g/mol. The highest BCUT2D eigenvalue weighted by Gasteiger charge is 2.57. The number of terminal acetylenes is 1. The normalized spacial score (nSPS) is 23.4. The molecule has 2 amide bonds. The number of carboxylic acid groups (broad SMARTS) is 1. The third-order valence-corrected chi connectivity index (χ3v) is 10.1. The van der Waals surface area contributed by atoms with Crippen LogP contribution in [-0.2, 0) is 19.2 Å². The molecule has 0 spiro atoms. The topological polar surface area (TPSA) is 173 Å². The van der Waals surface area contributed by atoms with Gasteiger partial charge in [0.2, 0.25) is 5.91 Å². The van der Waals surface area contributed by atoms with Crippen LogP contribution in [-0.4, -0.2) is 84.8 Å². The molecule has 2 aliphatic rings. The third-order valence-electron chi connectivity index (χ3n) is 5.21. The number of nitrogen functional groups attached to an aromatic ring is 1. The molecule has 0 saturated carbocycles. The van der Waals surface area contributed by atoms with Gasteiger partial charge in [-0.25, -0.2) is 4.98 Å². The van der Waals surface area contributed by atoms with E-state index in [1.807, 2.05) is 6.92 Å². The van der Waals surface area contributed by atoms with Gasteiger partial charge in [-0.3, -0.25) is 14.4 Å². The van der Waals surface area contributed by atoms with E-state index < -0.39 is 34.6 Å². The first-order valence-electron chi connectivity index (χ1n) is 10.1. The molecule has 2 aliphatic heterocycles. The van der Waals surface area contributed by atoms with Crippen LogP contribution in [0.3, 0.4) is 0 Å². The van der Waals surface area contributed by atoms with E-state index in [2.05, 4.69) is 31.6 Å². The minimum Gasteiger partial charge on any atom is -0.481 e. The molecule has 3 atom stereocenters. The number of thioether (sulfide) groups is 2. The molecule has 0 aliphatic carbocycles. The van der Waals surface area contributed by atoms with Gasteiger partial charge in [-0.15, -0.1) is 28.4 Å². The number of oxime groups is 1. The van der Waals surface area contributed by atoms with Gasteiger partial charge in [0.25, 0.3) is 5.91 Å². The van der Waals surface area contributed by atoms with Crippen molar-refractivity contribution < 1.29 is 24.3 Å². The number of rotatable bonds is 9. The van der Waals surface area contributed by atoms with E-state index in [-0.39, 0.29) is 45.5 Å². The van der Waals surface area contributed by atoms with Crippen LogP contribution < -0.4 is 11.1 Å². The van der Waals surface area contributed by atoms with Crippen molar-refractivity contribution in [1.82, 2.24) is 25.4 Å². The predicted octanol–water partition coefficient (Wildman–Crippen LogP) is 1.16. The van der Waals surface area contributed by atoms with E-state index >= 15 is 0 Å². The number of aromatic nitrogens is 3. The number of amides is 2. The van der Waals surface area contributed by atoms with Crippen molar-refractivity contribution >= 4 is 86.4 Å². The highest BCUT2D eigenvalue weighted by atomic mass is 35.5. The summed E-state index contributed by atoms with van der Waals surface area (Å²) in [5.74, 6) is 0.531. The number of anilines is 1. The lowest BCUT2D eigenvalue weighted by atomic mass is 9.89. The van der Waals surface area contributed by atoms with Crippen LogP contribution in [0.15, 0.2) is 9.50 Å². The molecule has 12 nitrogen and oxygen atoms in total. The van der Waals surface area contributed by atoms with Gasteiger partial charge >= 0.3 is 5.97 Å². The number of β-lactam (4-membered cyclic amide) rings is 1. The summed E-state index contributed by atoms with van der Waals surface area (Å²) in [5, 5.41) is 24.8. The van der Waals surface area contributed by atoms with E-state index in [0.717, 1.165) is 16.3 Å². The molecule has 2 fully saturated rings. The zero-order valence-corrected chi connectivity index (χ0v) is 22.5. The number of aliphatic carboxylic acids is 1.